The van der Waals surface area contributed by atoms with Gasteiger partial charge in [0.25, 0.3) is 0 Å². The summed E-state index contributed by atoms with van der Waals surface area (Å²) in [6.45, 7) is 1.64. The zero-order valence-corrected chi connectivity index (χ0v) is 11.6. The summed E-state index contributed by atoms with van der Waals surface area (Å²) in [5.41, 5.74) is 3.42. The zero-order valence-electron chi connectivity index (χ0n) is 11.6. The van der Waals surface area contributed by atoms with Crippen LogP contribution in [0.2, 0.25) is 0 Å². The van der Waals surface area contributed by atoms with Crippen LogP contribution in [-0.2, 0) is 6.42 Å². The number of aryl methyl sites for hydroxylation is 1. The first-order valence-corrected chi connectivity index (χ1v) is 6.74. The Hall–Kier alpha value is -1.84. The van der Waals surface area contributed by atoms with Crippen LogP contribution in [0.25, 0.3) is 0 Å². The molecule has 0 fully saturated rings. The van der Waals surface area contributed by atoms with Gasteiger partial charge in [0, 0.05) is 6.42 Å². The number of aliphatic hydroxyl groups is 2. The highest BCUT2D eigenvalue weighted by molar-refractivity contribution is 5.40. The molecular weight excluding hydrogens is 252 g/mol. The second kappa shape index (κ2) is 7.08. The minimum atomic E-state index is -0.577. The summed E-state index contributed by atoms with van der Waals surface area (Å²) in [5.74, 6) is 0.715. The van der Waals surface area contributed by atoms with Crippen molar-refractivity contribution >= 4 is 0 Å². The molecule has 2 aromatic rings. The number of benzene rings is 2. The molecule has 0 heterocycles. The van der Waals surface area contributed by atoms with E-state index >= 15 is 0 Å². The van der Waals surface area contributed by atoms with E-state index in [1.165, 1.54) is 5.56 Å². The smallest absolute Gasteiger partial charge is 0.145 e. The Bertz CT molecular complexity index is 533. The van der Waals surface area contributed by atoms with E-state index in [4.69, 9.17) is 14.9 Å². The lowest BCUT2D eigenvalue weighted by Gasteiger charge is -2.18. The largest absolute Gasteiger partial charge is 0.485 e. The van der Waals surface area contributed by atoms with Gasteiger partial charge in [-0.2, -0.15) is 0 Å². The Morgan fingerprint density at radius 1 is 1.00 bits per heavy atom. The Morgan fingerprint density at radius 2 is 1.70 bits per heavy atom. The Balaban J connectivity index is 2.24. The normalized spacial score (nSPS) is 10.8. The Kier molecular flexibility index (Phi) is 5.16. The third-order valence-electron chi connectivity index (χ3n) is 3.15. The summed E-state index contributed by atoms with van der Waals surface area (Å²) >= 11 is 0. The molecule has 0 radical (unpaired) electrons. The van der Waals surface area contributed by atoms with Crippen molar-refractivity contribution in [3.63, 3.8) is 0 Å². The van der Waals surface area contributed by atoms with Crippen molar-refractivity contribution in [2.45, 2.75) is 19.4 Å². The molecule has 0 bridgehead atoms. The van der Waals surface area contributed by atoms with Gasteiger partial charge in [0.1, 0.15) is 11.9 Å². The van der Waals surface area contributed by atoms with Gasteiger partial charge in [0.05, 0.1) is 13.2 Å². The fourth-order valence-corrected chi connectivity index (χ4v) is 2.09. The SMILES string of the molecule is Cc1ccc(OC(CO)CO)c(Cc2ccccc2)c1. The highest BCUT2D eigenvalue weighted by Crippen LogP contribution is 2.24. The summed E-state index contributed by atoms with van der Waals surface area (Å²) in [5, 5.41) is 18.3. The fourth-order valence-electron chi connectivity index (χ4n) is 2.09. The first kappa shape index (κ1) is 14.6. The predicted molar refractivity (Wildman–Crippen MR) is 79.0 cm³/mol. The van der Waals surface area contributed by atoms with Crippen molar-refractivity contribution in [2.75, 3.05) is 13.2 Å². The third-order valence-corrected chi connectivity index (χ3v) is 3.15. The average molecular weight is 272 g/mol. The predicted octanol–water partition coefficient (Wildman–Crippen LogP) is 2.32. The maximum absolute atomic E-state index is 9.14. The van der Waals surface area contributed by atoms with Crippen LogP contribution in [0.4, 0.5) is 0 Å². The molecule has 0 aliphatic carbocycles. The molecule has 0 saturated heterocycles. The molecule has 0 aliphatic rings. The van der Waals surface area contributed by atoms with Crippen LogP contribution >= 0.6 is 0 Å². The molecule has 106 valence electrons. The quantitative estimate of drug-likeness (QED) is 0.848. The standard InChI is InChI=1S/C17H20O3/c1-13-7-8-17(20-16(11-18)12-19)15(9-13)10-14-5-3-2-4-6-14/h2-9,16,18-19H,10-12H2,1H3. The van der Waals surface area contributed by atoms with E-state index in [2.05, 4.69) is 18.2 Å². The van der Waals surface area contributed by atoms with E-state index in [1.807, 2.05) is 37.3 Å². The van der Waals surface area contributed by atoms with Crippen LogP contribution in [0.15, 0.2) is 48.5 Å². The lowest BCUT2D eigenvalue weighted by atomic mass is 10.0. The molecule has 0 aliphatic heterocycles. The second-order valence-corrected chi connectivity index (χ2v) is 4.88. The molecule has 2 N–H and O–H groups in total. The van der Waals surface area contributed by atoms with Crippen LogP contribution in [0.3, 0.4) is 0 Å². The van der Waals surface area contributed by atoms with Crippen LogP contribution in [0.1, 0.15) is 16.7 Å². The number of ether oxygens (including phenoxy) is 1. The molecule has 2 rings (SSSR count). The van der Waals surface area contributed by atoms with Crippen molar-refractivity contribution in [1.29, 1.82) is 0 Å². The van der Waals surface area contributed by atoms with Crippen LogP contribution < -0.4 is 4.74 Å². The average Bonchev–Trinajstić information content (AvgIpc) is 2.48. The van der Waals surface area contributed by atoms with Gasteiger partial charge in [-0.05, 0) is 24.1 Å². The maximum Gasteiger partial charge on any atom is 0.145 e. The van der Waals surface area contributed by atoms with E-state index < -0.39 is 6.10 Å². The van der Waals surface area contributed by atoms with E-state index in [9.17, 15) is 0 Å². The lowest BCUT2D eigenvalue weighted by Crippen LogP contribution is -2.25. The molecule has 0 unspecified atom stereocenters. The van der Waals surface area contributed by atoms with E-state index in [1.54, 1.807) is 0 Å². The van der Waals surface area contributed by atoms with Gasteiger partial charge < -0.3 is 14.9 Å². The highest BCUT2D eigenvalue weighted by atomic mass is 16.5. The molecule has 0 aromatic heterocycles. The van der Waals surface area contributed by atoms with Gasteiger partial charge in [0.2, 0.25) is 0 Å². The summed E-state index contributed by atoms with van der Waals surface area (Å²) in [4.78, 5) is 0. The molecule has 3 nitrogen and oxygen atoms in total. The number of aliphatic hydroxyl groups excluding tert-OH is 2. The van der Waals surface area contributed by atoms with Gasteiger partial charge in [-0.25, -0.2) is 0 Å². The minimum Gasteiger partial charge on any atom is -0.485 e. The first-order valence-electron chi connectivity index (χ1n) is 6.74. The fraction of sp³-hybridized carbons (Fsp3) is 0.294. The Morgan fingerprint density at radius 3 is 2.35 bits per heavy atom. The van der Waals surface area contributed by atoms with Gasteiger partial charge in [-0.1, -0.05) is 48.0 Å². The van der Waals surface area contributed by atoms with Crippen molar-refractivity contribution in [2.24, 2.45) is 0 Å². The van der Waals surface area contributed by atoms with Crippen LogP contribution in [0.5, 0.6) is 5.75 Å². The number of rotatable bonds is 6. The van der Waals surface area contributed by atoms with Crippen LogP contribution in [-0.4, -0.2) is 29.5 Å². The molecule has 2 aromatic carbocycles. The molecule has 20 heavy (non-hydrogen) atoms. The summed E-state index contributed by atoms with van der Waals surface area (Å²) in [6.07, 6.45) is 0.189. The maximum atomic E-state index is 9.14. The van der Waals surface area contributed by atoms with Gasteiger partial charge in [-0.3, -0.25) is 0 Å². The van der Waals surface area contributed by atoms with Crippen molar-refractivity contribution in [1.82, 2.24) is 0 Å². The number of hydrogen-bond donors (Lipinski definition) is 2. The topological polar surface area (TPSA) is 49.7 Å². The van der Waals surface area contributed by atoms with E-state index in [0.717, 1.165) is 17.5 Å². The van der Waals surface area contributed by atoms with Crippen molar-refractivity contribution in [3.8, 4) is 5.75 Å². The molecule has 0 saturated carbocycles. The zero-order chi connectivity index (χ0) is 14.4. The molecule has 0 spiro atoms. The molecular formula is C17H20O3. The van der Waals surface area contributed by atoms with Crippen molar-refractivity contribution in [3.05, 3.63) is 65.2 Å². The van der Waals surface area contributed by atoms with E-state index in [0.29, 0.717) is 5.75 Å². The lowest BCUT2D eigenvalue weighted by molar-refractivity contribution is 0.0623. The Labute approximate surface area is 119 Å². The second-order valence-electron chi connectivity index (χ2n) is 4.88. The van der Waals surface area contributed by atoms with Crippen LogP contribution in [0, 0.1) is 6.92 Å². The van der Waals surface area contributed by atoms with Crippen molar-refractivity contribution < 1.29 is 14.9 Å². The highest BCUT2D eigenvalue weighted by Gasteiger charge is 2.11. The van der Waals surface area contributed by atoms with Gasteiger partial charge in [-0.15, -0.1) is 0 Å². The third kappa shape index (κ3) is 3.83. The molecule has 0 amide bonds. The monoisotopic (exact) mass is 272 g/mol. The minimum absolute atomic E-state index is 0.199. The summed E-state index contributed by atoms with van der Waals surface area (Å²) in [6, 6.07) is 16.1. The molecule has 3 heteroatoms. The van der Waals surface area contributed by atoms with E-state index in [-0.39, 0.29) is 13.2 Å². The van der Waals surface area contributed by atoms with Gasteiger partial charge >= 0.3 is 0 Å². The summed E-state index contributed by atoms with van der Waals surface area (Å²) in [7, 11) is 0. The molecule has 0 atom stereocenters. The number of hydrogen-bond acceptors (Lipinski definition) is 3. The first-order chi connectivity index (χ1) is 9.72. The van der Waals surface area contributed by atoms with Gasteiger partial charge in [0.15, 0.2) is 0 Å². The summed E-state index contributed by atoms with van der Waals surface area (Å²) < 4.78 is 5.67.